The van der Waals surface area contributed by atoms with Crippen LogP contribution < -0.4 is 0 Å². The van der Waals surface area contributed by atoms with Crippen molar-refractivity contribution in [2.75, 3.05) is 6.61 Å². The Labute approximate surface area is 86.6 Å². The van der Waals surface area contributed by atoms with Gasteiger partial charge >= 0.3 is 5.97 Å². The van der Waals surface area contributed by atoms with Crippen LogP contribution >= 0.6 is 0 Å². The zero-order valence-electron chi connectivity index (χ0n) is 9.16. The molecule has 0 unspecified atom stereocenters. The molecule has 0 radical (unpaired) electrons. The van der Waals surface area contributed by atoms with Crippen LogP contribution in [0.1, 0.15) is 39.5 Å². The van der Waals surface area contributed by atoms with Gasteiger partial charge in [-0.3, -0.25) is 4.79 Å². The normalized spacial score (nSPS) is 11.3. The molecule has 0 aliphatic carbocycles. The van der Waals surface area contributed by atoms with Crippen molar-refractivity contribution in [3.05, 3.63) is 24.3 Å². The molecule has 0 bridgehead atoms. The lowest BCUT2D eigenvalue weighted by Crippen LogP contribution is -2.03. The number of hydrogen-bond donors (Lipinski definition) is 0. The lowest BCUT2D eigenvalue weighted by Gasteiger charge is -2.00. The maximum Gasteiger partial charge on any atom is 0.309 e. The second kappa shape index (κ2) is 10.0. The highest BCUT2D eigenvalue weighted by Crippen LogP contribution is 1.95. The van der Waals surface area contributed by atoms with Crippen LogP contribution in [0.2, 0.25) is 0 Å². The number of esters is 1. The highest BCUT2D eigenvalue weighted by molar-refractivity contribution is 5.71. The van der Waals surface area contributed by atoms with E-state index in [4.69, 9.17) is 4.74 Å². The van der Waals surface area contributed by atoms with Gasteiger partial charge in [0.1, 0.15) is 0 Å². The number of allylic oxidation sites excluding steroid dienone is 3. The first-order chi connectivity index (χ1) is 6.81. The molecule has 0 aromatic rings. The van der Waals surface area contributed by atoms with Crippen molar-refractivity contribution in [1.29, 1.82) is 0 Å². The molecule has 0 fully saturated rings. The summed E-state index contributed by atoms with van der Waals surface area (Å²) in [5.41, 5.74) is 0. The zero-order chi connectivity index (χ0) is 10.6. The molecule has 0 spiro atoms. The summed E-state index contributed by atoms with van der Waals surface area (Å²) in [5.74, 6) is -0.129. The van der Waals surface area contributed by atoms with Crippen molar-refractivity contribution < 1.29 is 9.53 Å². The standard InChI is InChI=1S/C12H20O2/c1-3-5-7-9-11-14-12(13)10-8-6-4-2/h3,5-6,8H,4,7,9-11H2,1-2H3/b5-3+,8-6+. The average molecular weight is 196 g/mol. The molecule has 0 aliphatic rings. The van der Waals surface area contributed by atoms with Crippen LogP contribution in [0.25, 0.3) is 0 Å². The molecule has 0 saturated heterocycles. The minimum absolute atomic E-state index is 0.129. The van der Waals surface area contributed by atoms with Crippen LogP contribution in [0.15, 0.2) is 24.3 Å². The van der Waals surface area contributed by atoms with Crippen LogP contribution in [-0.2, 0) is 9.53 Å². The summed E-state index contributed by atoms with van der Waals surface area (Å²) in [6.07, 6.45) is 11.2. The Morgan fingerprint density at radius 2 is 2.07 bits per heavy atom. The van der Waals surface area contributed by atoms with E-state index in [1.165, 1.54) is 0 Å². The van der Waals surface area contributed by atoms with E-state index in [9.17, 15) is 4.79 Å². The van der Waals surface area contributed by atoms with Crippen LogP contribution in [0.5, 0.6) is 0 Å². The van der Waals surface area contributed by atoms with Crippen LogP contribution in [0.3, 0.4) is 0 Å². The number of hydrogen-bond acceptors (Lipinski definition) is 2. The van der Waals surface area contributed by atoms with E-state index in [1.54, 1.807) is 0 Å². The summed E-state index contributed by atoms with van der Waals surface area (Å²) in [4.78, 5) is 11.1. The molecule has 80 valence electrons. The molecule has 0 heterocycles. The predicted molar refractivity (Wildman–Crippen MR) is 59.1 cm³/mol. The highest BCUT2D eigenvalue weighted by atomic mass is 16.5. The fourth-order valence-electron chi connectivity index (χ4n) is 0.959. The first-order valence-electron chi connectivity index (χ1n) is 5.23. The van der Waals surface area contributed by atoms with Gasteiger partial charge in [0.2, 0.25) is 0 Å². The van der Waals surface area contributed by atoms with E-state index in [-0.39, 0.29) is 5.97 Å². The highest BCUT2D eigenvalue weighted by Gasteiger charge is 1.97. The van der Waals surface area contributed by atoms with E-state index in [1.807, 2.05) is 32.1 Å². The minimum Gasteiger partial charge on any atom is -0.465 e. The van der Waals surface area contributed by atoms with E-state index >= 15 is 0 Å². The molecule has 0 amide bonds. The first kappa shape index (κ1) is 12.9. The van der Waals surface area contributed by atoms with E-state index in [2.05, 4.69) is 6.08 Å². The molecule has 0 N–H and O–H groups in total. The Balaban J connectivity index is 3.31. The number of unbranched alkanes of at least 4 members (excludes halogenated alkanes) is 1. The summed E-state index contributed by atoms with van der Waals surface area (Å²) in [7, 11) is 0. The molecular weight excluding hydrogens is 176 g/mol. The number of rotatable bonds is 7. The van der Waals surface area contributed by atoms with Crippen LogP contribution in [-0.4, -0.2) is 12.6 Å². The topological polar surface area (TPSA) is 26.3 Å². The third-order valence-corrected chi connectivity index (χ3v) is 1.70. The Morgan fingerprint density at radius 3 is 2.71 bits per heavy atom. The first-order valence-corrected chi connectivity index (χ1v) is 5.23. The summed E-state index contributed by atoms with van der Waals surface area (Å²) in [6, 6.07) is 0. The Bertz CT molecular complexity index is 192. The third-order valence-electron chi connectivity index (χ3n) is 1.70. The SMILES string of the molecule is C/C=C/CCCOC(=O)C/C=C/CC. The van der Waals surface area contributed by atoms with Gasteiger partial charge in [-0.05, 0) is 26.2 Å². The van der Waals surface area contributed by atoms with Crippen molar-refractivity contribution in [3.63, 3.8) is 0 Å². The summed E-state index contributed by atoms with van der Waals surface area (Å²) in [6.45, 7) is 4.56. The van der Waals surface area contributed by atoms with Crippen molar-refractivity contribution in [3.8, 4) is 0 Å². The number of carbonyl (C=O) groups excluding carboxylic acids is 1. The van der Waals surface area contributed by atoms with E-state index in [0.29, 0.717) is 13.0 Å². The fourth-order valence-corrected chi connectivity index (χ4v) is 0.959. The molecule has 2 nitrogen and oxygen atoms in total. The van der Waals surface area contributed by atoms with Gasteiger partial charge in [-0.15, -0.1) is 0 Å². The van der Waals surface area contributed by atoms with Gasteiger partial charge < -0.3 is 4.74 Å². The largest absolute Gasteiger partial charge is 0.465 e. The lowest BCUT2D eigenvalue weighted by molar-refractivity contribution is -0.142. The second-order valence-corrected chi connectivity index (χ2v) is 3.02. The van der Waals surface area contributed by atoms with Gasteiger partial charge in [0.25, 0.3) is 0 Å². The van der Waals surface area contributed by atoms with E-state index < -0.39 is 0 Å². The molecule has 14 heavy (non-hydrogen) atoms. The average Bonchev–Trinajstić information content (AvgIpc) is 2.18. The molecule has 0 saturated carbocycles. The third kappa shape index (κ3) is 9.04. The van der Waals surface area contributed by atoms with Crippen molar-refractivity contribution >= 4 is 5.97 Å². The second-order valence-electron chi connectivity index (χ2n) is 3.02. The lowest BCUT2D eigenvalue weighted by atomic mass is 10.3. The molecule has 0 atom stereocenters. The van der Waals surface area contributed by atoms with Gasteiger partial charge in [0.15, 0.2) is 0 Å². The van der Waals surface area contributed by atoms with Crippen LogP contribution in [0.4, 0.5) is 0 Å². The quantitative estimate of drug-likeness (QED) is 0.355. The Hall–Kier alpha value is -1.05. The Kier molecular flexibility index (Phi) is 9.28. The predicted octanol–water partition coefficient (Wildman–Crippen LogP) is 3.24. The molecule has 2 heteroatoms. The molecule has 0 aliphatic heterocycles. The maximum atomic E-state index is 11.1. The number of ether oxygens (including phenoxy) is 1. The summed E-state index contributed by atoms with van der Waals surface area (Å²) < 4.78 is 5.01. The fraction of sp³-hybridized carbons (Fsp3) is 0.583. The monoisotopic (exact) mass is 196 g/mol. The maximum absolute atomic E-state index is 11.1. The molecule has 0 rings (SSSR count). The molecule has 0 aromatic heterocycles. The van der Waals surface area contributed by atoms with Crippen molar-refractivity contribution in [2.45, 2.75) is 39.5 Å². The van der Waals surface area contributed by atoms with Gasteiger partial charge in [-0.25, -0.2) is 0 Å². The van der Waals surface area contributed by atoms with Gasteiger partial charge in [-0.2, -0.15) is 0 Å². The minimum atomic E-state index is -0.129. The van der Waals surface area contributed by atoms with Crippen LogP contribution in [0, 0.1) is 0 Å². The van der Waals surface area contributed by atoms with Gasteiger partial charge in [0.05, 0.1) is 13.0 Å². The smallest absolute Gasteiger partial charge is 0.309 e. The summed E-state index contributed by atoms with van der Waals surface area (Å²) >= 11 is 0. The Morgan fingerprint density at radius 1 is 1.29 bits per heavy atom. The van der Waals surface area contributed by atoms with E-state index in [0.717, 1.165) is 19.3 Å². The zero-order valence-corrected chi connectivity index (χ0v) is 9.16. The number of carbonyl (C=O) groups is 1. The molecule has 0 aromatic carbocycles. The summed E-state index contributed by atoms with van der Waals surface area (Å²) in [5, 5.41) is 0. The van der Waals surface area contributed by atoms with Gasteiger partial charge in [0, 0.05) is 0 Å². The van der Waals surface area contributed by atoms with Crippen molar-refractivity contribution in [1.82, 2.24) is 0 Å². The van der Waals surface area contributed by atoms with Gasteiger partial charge in [-0.1, -0.05) is 31.2 Å². The molecular formula is C12H20O2. The van der Waals surface area contributed by atoms with Crippen molar-refractivity contribution in [2.24, 2.45) is 0 Å².